The Kier molecular flexibility index (Phi) is 3.90. The first-order chi connectivity index (χ1) is 7.61. The highest BCUT2D eigenvalue weighted by atomic mass is 32.2. The summed E-state index contributed by atoms with van der Waals surface area (Å²) in [7, 11) is 0. The zero-order chi connectivity index (χ0) is 11.6. The van der Waals surface area contributed by atoms with Crippen LogP contribution in [0.3, 0.4) is 0 Å². The molecule has 0 radical (unpaired) electrons. The smallest absolute Gasteiger partial charge is 0.333 e. The summed E-state index contributed by atoms with van der Waals surface area (Å²) < 4.78 is 5.90. The van der Waals surface area contributed by atoms with Crippen LogP contribution in [0, 0.1) is 0 Å². The van der Waals surface area contributed by atoms with Crippen LogP contribution in [0.1, 0.15) is 32.6 Å². The number of esters is 1. The summed E-state index contributed by atoms with van der Waals surface area (Å²) in [6.07, 6.45) is 4.55. The van der Waals surface area contributed by atoms with Gasteiger partial charge >= 0.3 is 5.97 Å². The summed E-state index contributed by atoms with van der Waals surface area (Å²) in [4.78, 5) is 11.4. The molecule has 0 aromatic heterocycles. The third-order valence-electron chi connectivity index (χ3n) is 3.28. The van der Waals surface area contributed by atoms with Crippen molar-refractivity contribution in [2.24, 2.45) is 0 Å². The molecule has 2 aliphatic rings. The fraction of sp³-hybridized carbons (Fsp3) is 0.750. The number of hydrogen-bond acceptors (Lipinski definition) is 4. The second-order valence-corrected chi connectivity index (χ2v) is 7.47. The molecule has 4 heteroatoms. The van der Waals surface area contributed by atoms with E-state index in [1.165, 1.54) is 23.7 Å². The van der Waals surface area contributed by atoms with Crippen molar-refractivity contribution < 1.29 is 9.53 Å². The van der Waals surface area contributed by atoms with Crippen molar-refractivity contribution >= 4 is 29.5 Å². The van der Waals surface area contributed by atoms with Crippen molar-refractivity contribution in [1.82, 2.24) is 0 Å². The zero-order valence-electron chi connectivity index (χ0n) is 9.66. The Morgan fingerprint density at radius 2 is 2.12 bits per heavy atom. The molecule has 0 N–H and O–H groups in total. The molecule has 0 aromatic rings. The minimum absolute atomic E-state index is 0.126. The zero-order valence-corrected chi connectivity index (χ0v) is 11.3. The molecular formula is C12H18O2S2. The van der Waals surface area contributed by atoms with Gasteiger partial charge in [0.15, 0.2) is 0 Å². The van der Waals surface area contributed by atoms with Crippen molar-refractivity contribution in [3.05, 3.63) is 12.2 Å². The fourth-order valence-corrected chi connectivity index (χ4v) is 5.65. The van der Waals surface area contributed by atoms with Crippen LogP contribution in [-0.2, 0) is 9.53 Å². The molecule has 2 rings (SSSR count). The SMILES string of the molecule is C=C(C)C(=O)OC1CCC2(CC1)CSCS2. The van der Waals surface area contributed by atoms with E-state index in [0.717, 1.165) is 12.8 Å². The molecular weight excluding hydrogens is 240 g/mol. The predicted octanol–water partition coefficient (Wildman–Crippen LogP) is 3.22. The highest BCUT2D eigenvalue weighted by Gasteiger charge is 2.39. The summed E-state index contributed by atoms with van der Waals surface area (Å²) in [6.45, 7) is 5.31. The van der Waals surface area contributed by atoms with Gasteiger partial charge in [-0.25, -0.2) is 4.79 Å². The number of hydrogen-bond donors (Lipinski definition) is 0. The molecule has 2 nitrogen and oxygen atoms in total. The maximum atomic E-state index is 11.4. The monoisotopic (exact) mass is 258 g/mol. The van der Waals surface area contributed by atoms with E-state index in [4.69, 9.17) is 4.74 Å². The molecule has 0 aromatic carbocycles. The van der Waals surface area contributed by atoms with Crippen LogP contribution in [-0.4, -0.2) is 27.7 Å². The first-order valence-electron chi connectivity index (χ1n) is 5.69. The van der Waals surface area contributed by atoms with Crippen molar-refractivity contribution in [3.63, 3.8) is 0 Å². The Hall–Kier alpha value is -0.0900. The van der Waals surface area contributed by atoms with Crippen LogP contribution in [0.4, 0.5) is 0 Å². The predicted molar refractivity (Wildman–Crippen MR) is 70.8 cm³/mol. The lowest BCUT2D eigenvalue weighted by molar-refractivity contribution is -0.145. The molecule has 16 heavy (non-hydrogen) atoms. The Morgan fingerprint density at radius 1 is 1.44 bits per heavy atom. The minimum Gasteiger partial charge on any atom is -0.459 e. The molecule has 1 heterocycles. The molecule has 2 fully saturated rings. The van der Waals surface area contributed by atoms with Gasteiger partial charge in [0.25, 0.3) is 0 Å². The van der Waals surface area contributed by atoms with E-state index in [2.05, 4.69) is 18.3 Å². The molecule has 0 unspecified atom stereocenters. The van der Waals surface area contributed by atoms with Crippen LogP contribution < -0.4 is 0 Å². The van der Waals surface area contributed by atoms with Crippen LogP contribution in [0.25, 0.3) is 0 Å². The second kappa shape index (κ2) is 5.05. The van der Waals surface area contributed by atoms with Crippen molar-refractivity contribution in [3.8, 4) is 0 Å². The first-order valence-corrected chi connectivity index (χ1v) is 7.84. The van der Waals surface area contributed by atoms with Gasteiger partial charge in [0.05, 0.1) is 0 Å². The Balaban J connectivity index is 1.81. The van der Waals surface area contributed by atoms with Gasteiger partial charge in [-0.05, 0) is 32.6 Å². The number of ether oxygens (including phenoxy) is 1. The third-order valence-corrected chi connectivity index (χ3v) is 6.52. The lowest BCUT2D eigenvalue weighted by atomic mass is 9.87. The normalized spacial score (nSPS) is 33.9. The summed E-state index contributed by atoms with van der Waals surface area (Å²) >= 11 is 4.14. The van der Waals surface area contributed by atoms with E-state index in [9.17, 15) is 4.79 Å². The Labute approximate surface area is 106 Å². The Bertz CT molecular complexity index is 285. The number of carbonyl (C=O) groups is 1. The molecule has 1 saturated heterocycles. The summed E-state index contributed by atoms with van der Waals surface area (Å²) in [6, 6.07) is 0. The van der Waals surface area contributed by atoms with E-state index >= 15 is 0 Å². The molecule has 0 bridgehead atoms. The summed E-state index contributed by atoms with van der Waals surface area (Å²) in [5.41, 5.74) is 0.506. The van der Waals surface area contributed by atoms with Gasteiger partial charge in [-0.3, -0.25) is 0 Å². The molecule has 0 amide bonds. The molecule has 1 aliphatic carbocycles. The van der Waals surface area contributed by atoms with E-state index in [1.807, 2.05) is 11.8 Å². The number of thioether (sulfide) groups is 2. The first kappa shape index (κ1) is 12.4. The van der Waals surface area contributed by atoms with Crippen LogP contribution >= 0.6 is 23.5 Å². The van der Waals surface area contributed by atoms with Crippen molar-refractivity contribution in [1.29, 1.82) is 0 Å². The maximum absolute atomic E-state index is 11.4. The van der Waals surface area contributed by atoms with Crippen molar-refractivity contribution in [2.75, 3.05) is 10.8 Å². The van der Waals surface area contributed by atoms with Crippen LogP contribution in [0.2, 0.25) is 0 Å². The van der Waals surface area contributed by atoms with Crippen LogP contribution in [0.15, 0.2) is 12.2 Å². The molecule has 0 atom stereocenters. The third kappa shape index (κ3) is 2.77. The van der Waals surface area contributed by atoms with Crippen molar-refractivity contribution in [2.45, 2.75) is 43.5 Å². The second-order valence-electron chi connectivity index (χ2n) is 4.68. The van der Waals surface area contributed by atoms with Gasteiger partial charge in [-0.1, -0.05) is 6.58 Å². The average Bonchev–Trinajstić information content (AvgIpc) is 2.70. The van der Waals surface area contributed by atoms with Gasteiger partial charge < -0.3 is 4.74 Å². The molecule has 90 valence electrons. The fourth-order valence-electron chi connectivity index (χ4n) is 2.21. The standard InChI is InChI=1S/C12H18O2S2/c1-9(2)11(13)14-10-3-5-12(6-4-10)7-15-8-16-12/h10H,1,3-8H2,2H3. The van der Waals surface area contributed by atoms with Gasteiger partial charge in [0, 0.05) is 21.2 Å². The lowest BCUT2D eigenvalue weighted by Crippen LogP contribution is -2.35. The molecule has 1 saturated carbocycles. The van der Waals surface area contributed by atoms with E-state index < -0.39 is 0 Å². The quantitative estimate of drug-likeness (QED) is 0.561. The number of carbonyl (C=O) groups excluding carboxylic acids is 1. The maximum Gasteiger partial charge on any atom is 0.333 e. The minimum atomic E-state index is -0.227. The lowest BCUT2D eigenvalue weighted by Gasteiger charge is -2.35. The van der Waals surface area contributed by atoms with E-state index in [1.54, 1.807) is 6.92 Å². The summed E-state index contributed by atoms with van der Waals surface area (Å²) in [5.74, 6) is 1.05. The highest BCUT2D eigenvalue weighted by molar-refractivity contribution is 8.19. The average molecular weight is 258 g/mol. The molecule has 1 spiro atoms. The van der Waals surface area contributed by atoms with Gasteiger partial charge in [-0.15, -0.1) is 23.5 Å². The Morgan fingerprint density at radius 3 is 2.62 bits per heavy atom. The highest BCUT2D eigenvalue weighted by Crippen LogP contribution is 2.49. The van der Waals surface area contributed by atoms with Crippen LogP contribution in [0.5, 0.6) is 0 Å². The topological polar surface area (TPSA) is 26.3 Å². The van der Waals surface area contributed by atoms with E-state index in [-0.39, 0.29) is 12.1 Å². The van der Waals surface area contributed by atoms with Gasteiger partial charge in [0.2, 0.25) is 0 Å². The number of rotatable bonds is 2. The van der Waals surface area contributed by atoms with Gasteiger partial charge in [0.1, 0.15) is 6.10 Å². The van der Waals surface area contributed by atoms with E-state index in [0.29, 0.717) is 10.3 Å². The van der Waals surface area contributed by atoms with Gasteiger partial charge in [-0.2, -0.15) is 0 Å². The summed E-state index contributed by atoms with van der Waals surface area (Å²) in [5, 5.41) is 1.23. The largest absolute Gasteiger partial charge is 0.459 e. The molecule has 1 aliphatic heterocycles.